The van der Waals surface area contributed by atoms with Gasteiger partial charge in [0.2, 0.25) is 0 Å². The molecule has 1 aliphatic carbocycles. The van der Waals surface area contributed by atoms with Crippen LogP contribution in [0.4, 0.5) is 4.39 Å². The Hall–Kier alpha value is -1.86. The summed E-state index contributed by atoms with van der Waals surface area (Å²) in [7, 11) is 0. The van der Waals surface area contributed by atoms with E-state index in [1.165, 1.54) is 18.2 Å². The highest BCUT2D eigenvalue weighted by Gasteiger charge is 2.39. The molecule has 1 aromatic rings. The number of rotatable bonds is 3. The smallest absolute Gasteiger partial charge is 0.254 e. The van der Waals surface area contributed by atoms with Crippen LogP contribution in [0.2, 0.25) is 0 Å². The molecule has 0 spiro atoms. The van der Waals surface area contributed by atoms with Crippen LogP contribution in [0.25, 0.3) is 0 Å². The summed E-state index contributed by atoms with van der Waals surface area (Å²) in [5, 5.41) is 11.5. The summed E-state index contributed by atoms with van der Waals surface area (Å²) in [6.07, 6.45) is 2.21. The molecule has 0 unspecified atom stereocenters. The van der Waals surface area contributed by atoms with Gasteiger partial charge in [-0.05, 0) is 38.0 Å². The number of nitrogens with one attached hydrogen (secondary N) is 1. The second kappa shape index (κ2) is 5.41. The second-order valence-electron chi connectivity index (χ2n) is 4.98. The van der Waals surface area contributed by atoms with E-state index >= 15 is 0 Å². The molecule has 0 atom stereocenters. The largest absolute Gasteiger partial charge is 0.395 e. The molecule has 2 N–H and O–H groups in total. The van der Waals surface area contributed by atoms with Crippen LogP contribution >= 0.6 is 0 Å². The Balaban J connectivity index is 2.17. The minimum atomic E-state index is -0.547. The maximum atomic E-state index is 13.7. The Kier molecular flexibility index (Phi) is 3.87. The van der Waals surface area contributed by atoms with Gasteiger partial charge >= 0.3 is 0 Å². The van der Waals surface area contributed by atoms with E-state index < -0.39 is 11.7 Å². The molecule has 1 fully saturated rings. The fourth-order valence-electron chi connectivity index (χ4n) is 1.65. The van der Waals surface area contributed by atoms with E-state index in [1.807, 2.05) is 6.92 Å². The third-order valence-electron chi connectivity index (χ3n) is 3.10. The van der Waals surface area contributed by atoms with Gasteiger partial charge in [0.1, 0.15) is 5.82 Å². The van der Waals surface area contributed by atoms with Crippen molar-refractivity contribution < 1.29 is 14.3 Å². The van der Waals surface area contributed by atoms with Crippen molar-refractivity contribution in [3.8, 4) is 11.8 Å². The molecular weight excluding hydrogens is 245 g/mol. The first-order valence-corrected chi connectivity index (χ1v) is 6.26. The number of carbonyl (C=O) groups excluding carboxylic acids is 1. The van der Waals surface area contributed by atoms with Crippen molar-refractivity contribution in [2.24, 2.45) is 0 Å². The van der Waals surface area contributed by atoms with E-state index in [0.717, 1.165) is 12.8 Å². The fourth-order valence-corrected chi connectivity index (χ4v) is 1.65. The number of aliphatic hydroxyl groups is 1. The van der Waals surface area contributed by atoms with Crippen molar-refractivity contribution >= 4 is 5.91 Å². The molecule has 0 aromatic heterocycles. The summed E-state index contributed by atoms with van der Waals surface area (Å²) in [4.78, 5) is 12.0. The molecule has 1 amide bonds. The predicted molar refractivity (Wildman–Crippen MR) is 70.1 cm³/mol. The van der Waals surface area contributed by atoms with Crippen LogP contribution in [-0.2, 0) is 0 Å². The van der Waals surface area contributed by atoms with E-state index in [1.54, 1.807) is 0 Å². The molecule has 19 heavy (non-hydrogen) atoms. The second-order valence-corrected chi connectivity index (χ2v) is 4.98. The van der Waals surface area contributed by atoms with Crippen LogP contribution in [0.5, 0.6) is 0 Å². The lowest BCUT2D eigenvalue weighted by molar-refractivity contribution is 0.0931. The maximum Gasteiger partial charge on any atom is 0.254 e. The van der Waals surface area contributed by atoms with Gasteiger partial charge < -0.3 is 10.4 Å². The van der Waals surface area contributed by atoms with Crippen molar-refractivity contribution in [1.29, 1.82) is 0 Å². The average molecular weight is 261 g/mol. The number of carbonyl (C=O) groups is 1. The number of hydrogen-bond acceptors (Lipinski definition) is 2. The first-order chi connectivity index (χ1) is 9.04. The molecule has 0 radical (unpaired) electrons. The highest BCUT2D eigenvalue weighted by molar-refractivity contribution is 5.95. The fraction of sp³-hybridized carbons (Fsp3) is 0.400. The standard InChI is InChI=1S/C15H16FNO2/c1-15(7-8-15)17-14(19)12-10-11(4-2-3-9-18)5-6-13(12)16/h5-6,10,18H,3,7-9H2,1H3,(H,17,19). The molecule has 0 aliphatic heterocycles. The van der Waals surface area contributed by atoms with Gasteiger partial charge in [-0.15, -0.1) is 0 Å². The molecule has 1 aliphatic rings. The normalized spacial score (nSPS) is 15.3. The summed E-state index contributed by atoms with van der Waals surface area (Å²) in [6.45, 7) is 1.92. The molecule has 3 nitrogen and oxygen atoms in total. The Bertz CT molecular complexity index is 553. The SMILES string of the molecule is CC1(NC(=O)c2cc(C#CCCO)ccc2F)CC1. The van der Waals surface area contributed by atoms with Crippen LogP contribution in [0.1, 0.15) is 42.1 Å². The summed E-state index contributed by atoms with van der Waals surface area (Å²) in [5.41, 5.74) is 0.409. The molecule has 4 heteroatoms. The van der Waals surface area contributed by atoms with Gasteiger partial charge in [-0.2, -0.15) is 0 Å². The van der Waals surface area contributed by atoms with Crippen LogP contribution in [0.3, 0.4) is 0 Å². The number of benzene rings is 1. The van der Waals surface area contributed by atoms with Crippen molar-refractivity contribution in [3.05, 3.63) is 35.1 Å². The zero-order chi connectivity index (χ0) is 13.9. The van der Waals surface area contributed by atoms with Crippen LogP contribution in [-0.4, -0.2) is 23.2 Å². The number of halogens is 1. The van der Waals surface area contributed by atoms with E-state index in [-0.39, 0.29) is 17.7 Å². The molecular formula is C15H16FNO2. The van der Waals surface area contributed by atoms with Crippen LogP contribution in [0, 0.1) is 17.7 Å². The molecule has 100 valence electrons. The zero-order valence-electron chi connectivity index (χ0n) is 10.8. The van der Waals surface area contributed by atoms with Gasteiger partial charge in [-0.25, -0.2) is 4.39 Å². The van der Waals surface area contributed by atoms with Gasteiger partial charge in [0, 0.05) is 17.5 Å². The summed E-state index contributed by atoms with van der Waals surface area (Å²) in [5.74, 6) is 4.59. The average Bonchev–Trinajstić information content (AvgIpc) is 3.09. The molecule has 1 saturated carbocycles. The zero-order valence-corrected chi connectivity index (χ0v) is 10.8. The third-order valence-corrected chi connectivity index (χ3v) is 3.10. The van der Waals surface area contributed by atoms with Gasteiger partial charge in [0.25, 0.3) is 5.91 Å². The van der Waals surface area contributed by atoms with E-state index in [2.05, 4.69) is 17.2 Å². The topological polar surface area (TPSA) is 49.3 Å². The van der Waals surface area contributed by atoms with Crippen LogP contribution < -0.4 is 5.32 Å². The lowest BCUT2D eigenvalue weighted by atomic mass is 10.1. The van der Waals surface area contributed by atoms with Crippen LogP contribution in [0.15, 0.2) is 18.2 Å². The van der Waals surface area contributed by atoms with E-state index in [9.17, 15) is 9.18 Å². The van der Waals surface area contributed by atoms with Crippen molar-refractivity contribution in [1.82, 2.24) is 5.32 Å². The minimum absolute atomic E-state index is 0.0140. The minimum Gasteiger partial charge on any atom is -0.395 e. The Labute approximate surface area is 111 Å². The van der Waals surface area contributed by atoms with Gasteiger partial charge in [-0.3, -0.25) is 4.79 Å². The van der Waals surface area contributed by atoms with Gasteiger partial charge in [0.05, 0.1) is 12.2 Å². The Morgan fingerprint density at radius 1 is 1.53 bits per heavy atom. The van der Waals surface area contributed by atoms with Crippen molar-refractivity contribution in [3.63, 3.8) is 0 Å². The molecule has 2 rings (SSSR count). The molecule has 1 aromatic carbocycles. The van der Waals surface area contributed by atoms with Crippen molar-refractivity contribution in [2.45, 2.75) is 31.7 Å². The number of aliphatic hydroxyl groups excluding tert-OH is 1. The number of hydrogen-bond donors (Lipinski definition) is 2. The third kappa shape index (κ3) is 3.55. The lowest BCUT2D eigenvalue weighted by Gasteiger charge is -2.12. The lowest BCUT2D eigenvalue weighted by Crippen LogP contribution is -2.34. The van der Waals surface area contributed by atoms with E-state index in [0.29, 0.717) is 12.0 Å². The van der Waals surface area contributed by atoms with E-state index in [4.69, 9.17) is 5.11 Å². The number of amides is 1. The first kappa shape index (κ1) is 13.6. The van der Waals surface area contributed by atoms with Gasteiger partial charge in [-0.1, -0.05) is 11.8 Å². The highest BCUT2D eigenvalue weighted by atomic mass is 19.1. The Morgan fingerprint density at radius 2 is 2.26 bits per heavy atom. The molecule has 0 heterocycles. The first-order valence-electron chi connectivity index (χ1n) is 6.26. The quantitative estimate of drug-likeness (QED) is 0.816. The van der Waals surface area contributed by atoms with Crippen molar-refractivity contribution in [2.75, 3.05) is 6.61 Å². The predicted octanol–water partition coefficient (Wildman–Crippen LogP) is 1.84. The highest BCUT2D eigenvalue weighted by Crippen LogP contribution is 2.34. The summed E-state index contributed by atoms with van der Waals surface area (Å²) >= 11 is 0. The monoisotopic (exact) mass is 261 g/mol. The molecule has 0 bridgehead atoms. The maximum absolute atomic E-state index is 13.7. The Morgan fingerprint density at radius 3 is 2.89 bits per heavy atom. The van der Waals surface area contributed by atoms with Gasteiger partial charge in [0.15, 0.2) is 0 Å². The summed E-state index contributed by atoms with van der Waals surface area (Å²) < 4.78 is 13.7. The summed E-state index contributed by atoms with van der Waals surface area (Å²) in [6, 6.07) is 4.21. The molecule has 0 saturated heterocycles.